The van der Waals surface area contributed by atoms with E-state index in [0.717, 1.165) is 22.6 Å². The van der Waals surface area contributed by atoms with Gasteiger partial charge in [0.05, 0.1) is 6.61 Å². The second kappa shape index (κ2) is 9.35. The molecule has 2 heterocycles. The van der Waals surface area contributed by atoms with Gasteiger partial charge in [0.25, 0.3) is 0 Å². The summed E-state index contributed by atoms with van der Waals surface area (Å²) in [6.07, 6.45) is 3.38. The minimum atomic E-state index is -0.177. The van der Waals surface area contributed by atoms with Crippen molar-refractivity contribution in [2.45, 2.75) is 43.4 Å². The number of fused-ring (bicyclic) bond motifs is 2. The first kappa shape index (κ1) is 21.6. The van der Waals surface area contributed by atoms with Crippen molar-refractivity contribution in [1.82, 2.24) is 4.90 Å². The Morgan fingerprint density at radius 2 is 1.62 bits per heavy atom. The molecule has 166 valence electrons. The van der Waals surface area contributed by atoms with E-state index in [1.165, 1.54) is 18.4 Å². The van der Waals surface area contributed by atoms with Crippen molar-refractivity contribution in [2.24, 2.45) is 5.92 Å². The van der Waals surface area contributed by atoms with Gasteiger partial charge in [0.2, 0.25) is 0 Å². The highest BCUT2D eigenvalue weighted by molar-refractivity contribution is 6.30. The Kier molecular flexibility index (Phi) is 6.32. The van der Waals surface area contributed by atoms with Gasteiger partial charge in [-0.3, -0.25) is 0 Å². The minimum absolute atomic E-state index is 0.147. The summed E-state index contributed by atoms with van der Waals surface area (Å²) in [5.41, 5.74) is 3.47. The smallest absolute Gasteiger partial charge is 0.123 e. The molecule has 32 heavy (non-hydrogen) atoms. The van der Waals surface area contributed by atoms with Crippen LogP contribution >= 0.6 is 11.6 Å². The SMILES string of the molecule is CN1[C@H]2CC[C@@H]1[C@@H](COC(c1ccccc1)c1ccc(Cl)cc1)[C@@H](c1ccc(F)cc1)C2. The van der Waals surface area contributed by atoms with Crippen LogP contribution in [0.4, 0.5) is 4.39 Å². The molecule has 0 aromatic heterocycles. The first-order chi connectivity index (χ1) is 15.6. The van der Waals surface area contributed by atoms with E-state index in [4.69, 9.17) is 16.3 Å². The molecule has 0 aliphatic carbocycles. The standard InChI is InChI=1S/C28H29ClFNO/c1-31-24-15-16-27(31)26(25(17-24)19-9-13-23(30)14-10-19)18-32-28(20-5-3-2-4-6-20)21-7-11-22(29)12-8-21/h2-14,24-28H,15-18H2,1H3/t24-,25+,26-,27+,28?/m0/s1. The molecule has 0 spiro atoms. The number of piperidine rings is 1. The van der Waals surface area contributed by atoms with Crippen molar-refractivity contribution in [2.75, 3.05) is 13.7 Å². The monoisotopic (exact) mass is 449 g/mol. The highest BCUT2D eigenvalue weighted by atomic mass is 35.5. The summed E-state index contributed by atoms with van der Waals surface area (Å²) in [5, 5.41) is 0.725. The van der Waals surface area contributed by atoms with E-state index in [1.54, 1.807) is 12.1 Å². The highest BCUT2D eigenvalue weighted by Crippen LogP contribution is 2.47. The van der Waals surface area contributed by atoms with E-state index in [1.807, 2.05) is 30.3 Å². The van der Waals surface area contributed by atoms with Gasteiger partial charge >= 0.3 is 0 Å². The maximum atomic E-state index is 13.6. The maximum absolute atomic E-state index is 13.6. The third kappa shape index (κ3) is 4.34. The minimum Gasteiger partial charge on any atom is -0.368 e. The van der Waals surface area contributed by atoms with Crippen molar-refractivity contribution in [1.29, 1.82) is 0 Å². The molecule has 2 bridgehead atoms. The van der Waals surface area contributed by atoms with Crippen molar-refractivity contribution >= 4 is 11.6 Å². The molecule has 2 saturated heterocycles. The lowest BCUT2D eigenvalue weighted by Crippen LogP contribution is -2.47. The first-order valence-corrected chi connectivity index (χ1v) is 11.9. The van der Waals surface area contributed by atoms with E-state index in [0.29, 0.717) is 30.5 Å². The van der Waals surface area contributed by atoms with E-state index in [9.17, 15) is 4.39 Å². The molecule has 0 saturated carbocycles. The Hall–Kier alpha value is -2.20. The average Bonchev–Trinajstić information content (AvgIpc) is 3.06. The van der Waals surface area contributed by atoms with Gasteiger partial charge in [-0.2, -0.15) is 0 Å². The lowest BCUT2D eigenvalue weighted by molar-refractivity contribution is -0.00336. The van der Waals surface area contributed by atoms with Crippen molar-refractivity contribution in [3.8, 4) is 0 Å². The molecule has 2 nitrogen and oxygen atoms in total. The van der Waals surface area contributed by atoms with Crippen molar-refractivity contribution in [3.05, 3.63) is 106 Å². The van der Waals surface area contributed by atoms with Crippen molar-refractivity contribution < 1.29 is 9.13 Å². The fraction of sp³-hybridized carbons (Fsp3) is 0.357. The van der Waals surface area contributed by atoms with Crippen LogP contribution in [0.5, 0.6) is 0 Å². The molecular formula is C28H29ClFNO. The molecule has 0 amide bonds. The van der Waals surface area contributed by atoms with Gasteiger partial charge in [-0.1, -0.05) is 66.2 Å². The summed E-state index contributed by atoms with van der Waals surface area (Å²) in [6, 6.07) is 26.5. The second-order valence-corrected chi connectivity index (χ2v) is 9.63. The predicted molar refractivity (Wildman–Crippen MR) is 128 cm³/mol. The van der Waals surface area contributed by atoms with E-state index in [2.05, 4.69) is 48.3 Å². The van der Waals surface area contributed by atoms with Crippen LogP contribution in [0.15, 0.2) is 78.9 Å². The molecular weight excluding hydrogens is 421 g/mol. The molecule has 3 aromatic carbocycles. The highest BCUT2D eigenvalue weighted by Gasteiger charge is 2.46. The lowest BCUT2D eigenvalue weighted by atomic mass is 9.76. The van der Waals surface area contributed by atoms with Crippen LogP contribution in [0.1, 0.15) is 48.0 Å². The maximum Gasteiger partial charge on any atom is 0.123 e. The second-order valence-electron chi connectivity index (χ2n) is 9.20. The van der Waals surface area contributed by atoms with Gasteiger partial charge in [0, 0.05) is 23.0 Å². The summed E-state index contributed by atoms with van der Waals surface area (Å²) in [4.78, 5) is 2.55. The lowest BCUT2D eigenvalue weighted by Gasteiger charge is -2.43. The van der Waals surface area contributed by atoms with Gasteiger partial charge in [-0.15, -0.1) is 0 Å². The third-order valence-electron chi connectivity index (χ3n) is 7.46. The Bertz CT molecular complexity index is 1020. The number of hydrogen-bond donors (Lipinski definition) is 0. The Morgan fingerprint density at radius 3 is 2.34 bits per heavy atom. The van der Waals surface area contributed by atoms with Gasteiger partial charge < -0.3 is 9.64 Å². The van der Waals surface area contributed by atoms with E-state index < -0.39 is 0 Å². The van der Waals surface area contributed by atoms with E-state index >= 15 is 0 Å². The molecule has 4 heteroatoms. The summed E-state index contributed by atoms with van der Waals surface area (Å²) in [6.45, 7) is 0.659. The molecule has 0 N–H and O–H groups in total. The third-order valence-corrected chi connectivity index (χ3v) is 7.71. The summed E-state index contributed by atoms with van der Waals surface area (Å²) >= 11 is 6.14. The van der Waals surface area contributed by atoms with Crippen LogP contribution in [0.2, 0.25) is 5.02 Å². The summed E-state index contributed by atoms with van der Waals surface area (Å²) < 4.78 is 20.3. The van der Waals surface area contributed by atoms with Gasteiger partial charge in [0.1, 0.15) is 11.9 Å². The number of nitrogens with zero attached hydrogens (tertiary/aromatic N) is 1. The quantitative estimate of drug-likeness (QED) is 0.408. The number of benzene rings is 3. The zero-order valence-electron chi connectivity index (χ0n) is 18.3. The largest absolute Gasteiger partial charge is 0.368 e. The zero-order valence-corrected chi connectivity index (χ0v) is 19.1. The van der Waals surface area contributed by atoms with Gasteiger partial charge in [0.15, 0.2) is 0 Å². The molecule has 2 aliphatic heterocycles. The summed E-state index contributed by atoms with van der Waals surface area (Å²) in [5.74, 6) is 0.568. The average molecular weight is 450 g/mol. The molecule has 2 aliphatic rings. The topological polar surface area (TPSA) is 12.5 Å². The molecule has 0 radical (unpaired) electrons. The number of rotatable bonds is 6. The molecule has 3 aromatic rings. The zero-order chi connectivity index (χ0) is 22.1. The normalized spacial score (nSPS) is 26.2. The van der Waals surface area contributed by atoms with Gasteiger partial charge in [-0.05, 0) is 73.2 Å². The van der Waals surface area contributed by atoms with Crippen LogP contribution in [0.3, 0.4) is 0 Å². The van der Waals surface area contributed by atoms with Crippen LogP contribution in [0, 0.1) is 11.7 Å². The Labute approximate surface area is 195 Å². The predicted octanol–water partition coefficient (Wildman–Crippen LogP) is 6.85. The molecule has 5 rings (SSSR count). The summed E-state index contributed by atoms with van der Waals surface area (Å²) in [7, 11) is 2.25. The van der Waals surface area contributed by atoms with Crippen LogP contribution in [-0.2, 0) is 4.74 Å². The van der Waals surface area contributed by atoms with E-state index in [-0.39, 0.29) is 11.9 Å². The Morgan fingerprint density at radius 1 is 0.938 bits per heavy atom. The molecule has 2 fully saturated rings. The number of halogens is 2. The van der Waals surface area contributed by atoms with Crippen LogP contribution in [0.25, 0.3) is 0 Å². The van der Waals surface area contributed by atoms with Crippen LogP contribution in [-0.4, -0.2) is 30.6 Å². The fourth-order valence-electron chi connectivity index (χ4n) is 5.76. The van der Waals surface area contributed by atoms with Gasteiger partial charge in [-0.25, -0.2) is 4.39 Å². The first-order valence-electron chi connectivity index (χ1n) is 11.5. The van der Waals surface area contributed by atoms with Crippen molar-refractivity contribution in [3.63, 3.8) is 0 Å². The Balaban J connectivity index is 1.43. The molecule has 5 atom stereocenters. The molecule has 1 unspecified atom stereocenters. The number of ether oxygens (including phenoxy) is 1. The van der Waals surface area contributed by atoms with Crippen LogP contribution < -0.4 is 0 Å². The fourth-order valence-corrected chi connectivity index (χ4v) is 5.88. The number of hydrogen-bond acceptors (Lipinski definition) is 2.